The average molecular weight is 502 g/mol. The Hall–Kier alpha value is -0.570. The molecule has 0 aromatic heterocycles. The minimum absolute atomic E-state index is 0. The van der Waals surface area contributed by atoms with E-state index in [0.717, 1.165) is 30.8 Å². The molecule has 4 saturated carbocycles. The SMILES string of the molecule is CN(C)C(=O)CN=C(NC1CC2CCC1C2)NC1C2CCOC2C12CCC2.I. The summed E-state index contributed by atoms with van der Waals surface area (Å²) in [6, 6.07) is 0.982. The van der Waals surface area contributed by atoms with E-state index in [9.17, 15) is 4.79 Å². The van der Waals surface area contributed by atoms with Gasteiger partial charge in [-0.1, -0.05) is 12.8 Å². The van der Waals surface area contributed by atoms with Gasteiger partial charge >= 0.3 is 0 Å². The maximum Gasteiger partial charge on any atom is 0.243 e. The number of nitrogens with one attached hydrogen (secondary N) is 2. The minimum atomic E-state index is 0. The van der Waals surface area contributed by atoms with Gasteiger partial charge in [0.2, 0.25) is 5.91 Å². The molecule has 0 aromatic carbocycles. The highest BCUT2D eigenvalue weighted by Gasteiger charge is 2.66. The monoisotopic (exact) mass is 502 g/mol. The molecule has 158 valence electrons. The van der Waals surface area contributed by atoms with Crippen molar-refractivity contribution in [3.05, 3.63) is 0 Å². The van der Waals surface area contributed by atoms with E-state index in [-0.39, 0.29) is 36.4 Å². The van der Waals surface area contributed by atoms with E-state index in [2.05, 4.69) is 10.6 Å². The number of ether oxygens (including phenoxy) is 1. The first-order chi connectivity index (χ1) is 13.1. The van der Waals surface area contributed by atoms with Gasteiger partial charge in [-0.15, -0.1) is 24.0 Å². The zero-order valence-electron chi connectivity index (χ0n) is 17.2. The van der Waals surface area contributed by atoms with Crippen molar-refractivity contribution in [2.45, 2.75) is 69.6 Å². The number of carbonyl (C=O) groups is 1. The van der Waals surface area contributed by atoms with Gasteiger partial charge in [-0.3, -0.25) is 4.79 Å². The normalized spacial score (nSPS) is 39.6. The molecular formula is C21H35IN4O2. The molecule has 6 atom stereocenters. The number of carbonyl (C=O) groups excluding carboxylic acids is 1. The third-order valence-corrected chi connectivity index (χ3v) is 8.26. The molecule has 1 aliphatic heterocycles. The maximum absolute atomic E-state index is 12.1. The fraction of sp³-hybridized carbons (Fsp3) is 0.905. The Balaban J connectivity index is 0.00000192. The van der Waals surface area contributed by atoms with Gasteiger partial charge < -0.3 is 20.3 Å². The molecule has 5 fully saturated rings. The van der Waals surface area contributed by atoms with Crippen molar-refractivity contribution in [1.29, 1.82) is 0 Å². The Bertz CT molecular complexity index is 636. The van der Waals surface area contributed by atoms with Crippen molar-refractivity contribution in [2.24, 2.45) is 28.2 Å². The van der Waals surface area contributed by atoms with Crippen LogP contribution in [0.4, 0.5) is 0 Å². The average Bonchev–Trinajstić information content (AvgIpc) is 3.31. The van der Waals surface area contributed by atoms with E-state index in [1.807, 2.05) is 0 Å². The molecule has 2 bridgehead atoms. The minimum Gasteiger partial charge on any atom is -0.377 e. The van der Waals surface area contributed by atoms with Crippen LogP contribution in [0.2, 0.25) is 0 Å². The number of guanidine groups is 1. The summed E-state index contributed by atoms with van der Waals surface area (Å²) < 4.78 is 6.06. The third-order valence-electron chi connectivity index (χ3n) is 8.26. The lowest BCUT2D eigenvalue weighted by atomic mass is 9.46. The molecule has 1 amide bonds. The molecule has 5 aliphatic rings. The van der Waals surface area contributed by atoms with Gasteiger partial charge in [0.05, 0.1) is 6.10 Å². The number of likely N-dealkylation sites (N-methyl/N-ethyl adjacent to an activating group) is 1. The quantitative estimate of drug-likeness (QED) is 0.352. The predicted octanol–water partition coefficient (Wildman–Crippen LogP) is 2.37. The van der Waals surface area contributed by atoms with E-state index in [1.165, 1.54) is 44.9 Å². The van der Waals surface area contributed by atoms with Crippen molar-refractivity contribution < 1.29 is 9.53 Å². The van der Waals surface area contributed by atoms with E-state index in [0.29, 0.717) is 29.5 Å². The lowest BCUT2D eigenvalue weighted by Gasteiger charge is -2.63. The number of fused-ring (bicyclic) bond motifs is 4. The summed E-state index contributed by atoms with van der Waals surface area (Å²) >= 11 is 0. The highest BCUT2D eigenvalue weighted by atomic mass is 127. The second-order valence-corrected chi connectivity index (χ2v) is 9.83. The largest absolute Gasteiger partial charge is 0.377 e. The van der Waals surface area contributed by atoms with Crippen LogP contribution in [0.3, 0.4) is 0 Å². The van der Waals surface area contributed by atoms with Crippen LogP contribution >= 0.6 is 24.0 Å². The van der Waals surface area contributed by atoms with Gasteiger partial charge in [0.25, 0.3) is 0 Å². The van der Waals surface area contributed by atoms with Crippen molar-refractivity contribution in [3.63, 3.8) is 0 Å². The van der Waals surface area contributed by atoms with Crippen LogP contribution in [0, 0.1) is 23.2 Å². The number of aliphatic imine (C=N–C) groups is 1. The van der Waals surface area contributed by atoms with Crippen molar-refractivity contribution in [2.75, 3.05) is 27.2 Å². The van der Waals surface area contributed by atoms with E-state index < -0.39 is 0 Å². The molecule has 4 aliphatic carbocycles. The van der Waals surface area contributed by atoms with Crippen molar-refractivity contribution in [3.8, 4) is 0 Å². The highest BCUT2D eigenvalue weighted by molar-refractivity contribution is 14.0. The summed E-state index contributed by atoms with van der Waals surface area (Å²) in [6.07, 6.45) is 10.8. The number of hydrogen-bond acceptors (Lipinski definition) is 3. The van der Waals surface area contributed by atoms with Gasteiger partial charge in [0, 0.05) is 44.1 Å². The summed E-state index contributed by atoms with van der Waals surface area (Å²) in [7, 11) is 3.59. The molecule has 1 heterocycles. The Morgan fingerprint density at radius 3 is 2.61 bits per heavy atom. The fourth-order valence-corrected chi connectivity index (χ4v) is 6.62. The van der Waals surface area contributed by atoms with Crippen LogP contribution in [0.5, 0.6) is 0 Å². The van der Waals surface area contributed by atoms with Crippen molar-refractivity contribution >= 4 is 35.8 Å². The first-order valence-corrected chi connectivity index (χ1v) is 11.0. The van der Waals surface area contributed by atoms with E-state index in [1.54, 1.807) is 19.0 Å². The summed E-state index contributed by atoms with van der Waals surface area (Å²) in [6.45, 7) is 1.12. The zero-order chi connectivity index (χ0) is 18.6. The smallest absolute Gasteiger partial charge is 0.243 e. The Kier molecular flexibility index (Phi) is 5.86. The summed E-state index contributed by atoms with van der Waals surface area (Å²) in [4.78, 5) is 18.4. The van der Waals surface area contributed by atoms with E-state index >= 15 is 0 Å². The second kappa shape index (κ2) is 7.93. The zero-order valence-corrected chi connectivity index (χ0v) is 19.5. The summed E-state index contributed by atoms with van der Waals surface area (Å²) in [5.41, 5.74) is 0.323. The first kappa shape index (κ1) is 20.7. The number of hydrogen-bond donors (Lipinski definition) is 2. The van der Waals surface area contributed by atoms with Gasteiger partial charge in [0.1, 0.15) is 6.54 Å². The summed E-state index contributed by atoms with van der Waals surface area (Å²) in [5, 5.41) is 7.52. The standard InChI is InChI=1S/C21H34N4O2.HI/c1-25(2)17(26)12-22-20(23-16-11-13-4-5-14(16)10-13)24-18-15-6-9-27-19(15)21(18)7-3-8-21;/h13-16,18-19H,3-12H2,1-2H3,(H2,22,23,24);1H. The molecule has 2 N–H and O–H groups in total. The van der Waals surface area contributed by atoms with Crippen LogP contribution in [0.15, 0.2) is 4.99 Å². The predicted molar refractivity (Wildman–Crippen MR) is 120 cm³/mol. The molecule has 5 rings (SSSR count). The Labute approximate surface area is 185 Å². The fourth-order valence-electron chi connectivity index (χ4n) is 6.62. The van der Waals surface area contributed by atoms with Crippen LogP contribution < -0.4 is 10.6 Å². The summed E-state index contributed by atoms with van der Waals surface area (Å²) in [5.74, 6) is 3.21. The molecule has 6 unspecified atom stereocenters. The van der Waals surface area contributed by atoms with Crippen LogP contribution in [-0.4, -0.2) is 62.2 Å². The van der Waals surface area contributed by atoms with Crippen LogP contribution in [0.1, 0.15) is 51.4 Å². The maximum atomic E-state index is 12.1. The molecular weight excluding hydrogens is 467 g/mol. The lowest BCUT2D eigenvalue weighted by molar-refractivity contribution is -0.171. The third kappa shape index (κ3) is 3.34. The molecule has 6 nitrogen and oxygen atoms in total. The molecule has 7 heteroatoms. The topological polar surface area (TPSA) is 66.0 Å². The van der Waals surface area contributed by atoms with Crippen LogP contribution in [-0.2, 0) is 9.53 Å². The molecule has 0 radical (unpaired) electrons. The highest BCUT2D eigenvalue weighted by Crippen LogP contribution is 2.62. The van der Waals surface area contributed by atoms with Gasteiger partial charge in [-0.2, -0.15) is 0 Å². The molecule has 1 saturated heterocycles. The lowest BCUT2D eigenvalue weighted by Crippen LogP contribution is -2.72. The molecule has 0 aromatic rings. The van der Waals surface area contributed by atoms with Gasteiger partial charge in [-0.25, -0.2) is 4.99 Å². The Morgan fingerprint density at radius 2 is 2.00 bits per heavy atom. The first-order valence-electron chi connectivity index (χ1n) is 11.0. The molecule has 1 spiro atoms. The number of nitrogens with zero attached hydrogens (tertiary/aromatic N) is 2. The Morgan fingerprint density at radius 1 is 1.18 bits per heavy atom. The van der Waals surface area contributed by atoms with Gasteiger partial charge in [0.15, 0.2) is 5.96 Å². The number of amides is 1. The van der Waals surface area contributed by atoms with Crippen molar-refractivity contribution in [1.82, 2.24) is 15.5 Å². The van der Waals surface area contributed by atoms with Gasteiger partial charge in [-0.05, 0) is 50.4 Å². The second-order valence-electron chi connectivity index (χ2n) is 9.83. The molecule has 28 heavy (non-hydrogen) atoms. The van der Waals surface area contributed by atoms with E-state index in [4.69, 9.17) is 9.73 Å². The number of rotatable bonds is 4. The number of halogens is 1. The van der Waals surface area contributed by atoms with Crippen LogP contribution in [0.25, 0.3) is 0 Å².